The molecule has 0 bridgehead atoms. The molecule has 0 aromatic rings. The van der Waals surface area contributed by atoms with Crippen molar-refractivity contribution in [3.63, 3.8) is 0 Å². The highest BCUT2D eigenvalue weighted by atomic mass is 35.5. The van der Waals surface area contributed by atoms with Gasteiger partial charge in [-0.15, -0.1) is 0 Å². The molecule has 0 heterocycles. The van der Waals surface area contributed by atoms with Gasteiger partial charge in [0, 0.05) is 18.7 Å². The van der Waals surface area contributed by atoms with Gasteiger partial charge in [0.25, 0.3) is 0 Å². The molecule has 60 valence electrons. The average molecular weight is 181 g/mol. The predicted octanol–water partition coefficient (Wildman–Crippen LogP) is 1.57. The van der Waals surface area contributed by atoms with Crippen LogP contribution >= 0.6 is 11.6 Å². The van der Waals surface area contributed by atoms with E-state index < -0.39 is 9.28 Å². The molecule has 0 amide bonds. The van der Waals surface area contributed by atoms with Gasteiger partial charge in [-0.2, -0.15) is 0 Å². The van der Waals surface area contributed by atoms with Gasteiger partial charge in [0.2, 0.25) is 0 Å². The van der Waals surface area contributed by atoms with E-state index in [4.69, 9.17) is 20.5 Å². The molecule has 0 unspecified atom stereocenters. The van der Waals surface area contributed by atoms with Crippen molar-refractivity contribution in [3.8, 4) is 0 Å². The molecule has 0 radical (unpaired) electrons. The Balaban J connectivity index is 3.50. The minimum absolute atomic E-state index is 0.693. The van der Waals surface area contributed by atoms with Gasteiger partial charge in [-0.3, -0.25) is 0 Å². The summed E-state index contributed by atoms with van der Waals surface area (Å²) in [4.78, 5) is 0. The molecule has 0 N–H and O–H groups in total. The molecule has 0 aromatic carbocycles. The van der Waals surface area contributed by atoms with E-state index in [0.717, 1.165) is 0 Å². The fourth-order valence-electron chi connectivity index (χ4n) is 0.547. The molecular formula is C6H13ClO2Si. The minimum Gasteiger partial charge on any atom is -0.394 e. The summed E-state index contributed by atoms with van der Waals surface area (Å²) in [6.07, 6.45) is 0. The molecule has 0 fully saturated rings. The van der Waals surface area contributed by atoms with Crippen LogP contribution in [-0.4, -0.2) is 22.5 Å². The molecule has 0 aliphatic rings. The molecule has 10 heavy (non-hydrogen) atoms. The van der Waals surface area contributed by atoms with Gasteiger partial charge in [-0.1, -0.05) is 11.6 Å². The fourth-order valence-corrected chi connectivity index (χ4v) is 2.00. The number of rotatable bonds is 5. The van der Waals surface area contributed by atoms with Crippen molar-refractivity contribution in [1.82, 2.24) is 0 Å². The predicted molar refractivity (Wildman–Crippen MR) is 45.4 cm³/mol. The van der Waals surface area contributed by atoms with Crippen LogP contribution in [0.25, 0.3) is 0 Å². The van der Waals surface area contributed by atoms with Crippen molar-refractivity contribution in [2.75, 3.05) is 13.2 Å². The summed E-state index contributed by atoms with van der Waals surface area (Å²) in [7, 11) is -1.55. The van der Waals surface area contributed by atoms with E-state index in [9.17, 15) is 0 Å². The van der Waals surface area contributed by atoms with Crippen LogP contribution in [-0.2, 0) is 8.85 Å². The lowest BCUT2D eigenvalue weighted by Gasteiger charge is -2.08. The summed E-state index contributed by atoms with van der Waals surface area (Å²) < 4.78 is 10.5. The molecule has 0 aliphatic heterocycles. The van der Waals surface area contributed by atoms with Gasteiger partial charge in [-0.25, -0.2) is 0 Å². The first-order chi connectivity index (χ1) is 4.85. The van der Waals surface area contributed by atoms with Gasteiger partial charge in [0.05, 0.1) is 0 Å². The van der Waals surface area contributed by atoms with Crippen LogP contribution in [0.2, 0.25) is 0 Å². The van der Waals surface area contributed by atoms with Crippen molar-refractivity contribution in [2.24, 2.45) is 0 Å². The largest absolute Gasteiger partial charge is 0.394 e. The van der Waals surface area contributed by atoms with Crippen LogP contribution in [0.5, 0.6) is 0 Å². The zero-order valence-corrected chi connectivity index (χ0v) is 8.25. The first kappa shape index (κ1) is 10.2. The Bertz CT molecular complexity index is 91.7. The molecule has 0 atom stereocenters. The zero-order valence-electron chi connectivity index (χ0n) is 6.34. The van der Waals surface area contributed by atoms with Crippen LogP contribution in [0.4, 0.5) is 0 Å². The van der Waals surface area contributed by atoms with E-state index in [-0.39, 0.29) is 0 Å². The summed E-state index contributed by atoms with van der Waals surface area (Å²) in [5.74, 6) is 0. The summed E-state index contributed by atoms with van der Waals surface area (Å²) in [6, 6.07) is 0. The summed E-state index contributed by atoms with van der Waals surface area (Å²) in [5.41, 5.74) is 3.26. The lowest BCUT2D eigenvalue weighted by Crippen LogP contribution is -2.20. The average Bonchev–Trinajstić information content (AvgIpc) is 1.90. The smallest absolute Gasteiger partial charge is 0.349 e. The van der Waals surface area contributed by atoms with E-state index in [2.05, 4.69) is 0 Å². The second kappa shape index (κ2) is 7.28. The second-order valence-electron chi connectivity index (χ2n) is 1.60. The first-order valence-electron chi connectivity index (χ1n) is 3.35. The number of halogens is 1. The van der Waals surface area contributed by atoms with E-state index >= 15 is 0 Å². The topological polar surface area (TPSA) is 18.5 Å². The minimum atomic E-state index is -1.55. The standard InChI is InChI=1S/C6H13ClO2Si/c1-3-8-10(6-5-7)9-4-2/h5-6,10H,3-4H2,1-2H3/b6-5-. The monoisotopic (exact) mass is 180 g/mol. The molecule has 4 heteroatoms. The lowest BCUT2D eigenvalue weighted by molar-refractivity contribution is 0.224. The Morgan fingerprint density at radius 3 is 2.10 bits per heavy atom. The highest BCUT2D eigenvalue weighted by Gasteiger charge is 2.05. The highest BCUT2D eigenvalue weighted by Crippen LogP contribution is 1.92. The maximum absolute atomic E-state index is 5.36. The van der Waals surface area contributed by atoms with Crippen LogP contribution in [0, 0.1) is 0 Å². The summed E-state index contributed by atoms with van der Waals surface area (Å²) in [5, 5.41) is 0. The zero-order chi connectivity index (χ0) is 7.82. The summed E-state index contributed by atoms with van der Waals surface area (Å²) in [6.45, 7) is 5.28. The molecule has 0 saturated heterocycles. The van der Waals surface area contributed by atoms with Crippen molar-refractivity contribution < 1.29 is 8.85 Å². The quantitative estimate of drug-likeness (QED) is 0.599. The molecule has 0 spiro atoms. The summed E-state index contributed by atoms with van der Waals surface area (Å²) >= 11 is 5.36. The number of hydrogen-bond donors (Lipinski definition) is 0. The molecule has 0 aromatic heterocycles. The second-order valence-corrected chi connectivity index (χ2v) is 3.64. The molecule has 0 saturated carbocycles. The Kier molecular flexibility index (Phi) is 7.40. The Morgan fingerprint density at radius 2 is 1.80 bits per heavy atom. The molecule has 0 rings (SSSR count). The molecule has 2 nitrogen and oxygen atoms in total. The third-order valence-corrected chi connectivity index (χ3v) is 3.11. The first-order valence-corrected chi connectivity index (χ1v) is 5.39. The highest BCUT2D eigenvalue weighted by molar-refractivity contribution is 6.52. The molecular weight excluding hydrogens is 168 g/mol. The van der Waals surface area contributed by atoms with Crippen molar-refractivity contribution in [1.29, 1.82) is 0 Å². The van der Waals surface area contributed by atoms with E-state index in [1.165, 1.54) is 5.54 Å². The van der Waals surface area contributed by atoms with Gasteiger partial charge in [0.1, 0.15) is 0 Å². The SMILES string of the molecule is CCO[SiH](/C=C\Cl)OCC. The fraction of sp³-hybridized carbons (Fsp3) is 0.667. The normalized spacial score (nSPS) is 11.6. The molecule has 0 aliphatic carbocycles. The Morgan fingerprint density at radius 1 is 1.30 bits per heavy atom. The van der Waals surface area contributed by atoms with E-state index in [1.54, 1.807) is 5.70 Å². The Hall–Kier alpha value is 0.167. The van der Waals surface area contributed by atoms with Gasteiger partial charge >= 0.3 is 9.28 Å². The van der Waals surface area contributed by atoms with E-state index in [1.807, 2.05) is 13.8 Å². The van der Waals surface area contributed by atoms with Gasteiger partial charge in [0.15, 0.2) is 0 Å². The van der Waals surface area contributed by atoms with E-state index in [0.29, 0.717) is 13.2 Å². The van der Waals surface area contributed by atoms with Crippen LogP contribution in [0.15, 0.2) is 11.2 Å². The maximum atomic E-state index is 5.36. The van der Waals surface area contributed by atoms with Crippen molar-refractivity contribution in [2.45, 2.75) is 13.8 Å². The number of hydrogen-bond acceptors (Lipinski definition) is 2. The lowest BCUT2D eigenvalue weighted by atomic mass is 10.9. The van der Waals surface area contributed by atoms with Crippen LogP contribution < -0.4 is 0 Å². The van der Waals surface area contributed by atoms with Gasteiger partial charge in [-0.05, 0) is 19.5 Å². The third kappa shape index (κ3) is 4.99. The van der Waals surface area contributed by atoms with Gasteiger partial charge < -0.3 is 8.85 Å². The van der Waals surface area contributed by atoms with Crippen molar-refractivity contribution in [3.05, 3.63) is 11.2 Å². The van der Waals surface area contributed by atoms with Crippen LogP contribution in [0.1, 0.15) is 13.8 Å². The third-order valence-electron chi connectivity index (χ3n) is 0.892. The Labute approximate surface area is 68.6 Å². The van der Waals surface area contributed by atoms with Crippen molar-refractivity contribution >= 4 is 20.9 Å². The maximum Gasteiger partial charge on any atom is 0.349 e. The van der Waals surface area contributed by atoms with Crippen LogP contribution in [0.3, 0.4) is 0 Å².